The molecule has 2 aromatic heterocycles. The standard InChI is InChI=1S/C58H70N8O8S/c1-38(2)48-8-6-7-9-49(48)52-31-42(63(4)41-10-13-45(73-5)14-11-41)21-27-65(52)44-34-58(35-44)24-28-64(29-25-58)43-12-16-50(54(32-43)74-46-30-40-20-26-59-55(40)61-37-46)56(67)62-75(71,72)47-15-17-51(53(33-47)66(69)70)60-36-39-18-22-57(3,68)23-19-39/h6-17,20,26,30,32-33,37-39,42,44,52,60,68H,18-19,21-25,27-29,31,34-36H2,1-5H3,(H,59,61)(H,62,67). The fraction of sp³-hybridized carbons (Fsp3) is 0.448. The molecule has 6 aromatic rings. The van der Waals surface area contributed by atoms with Crippen molar-refractivity contribution in [2.45, 2.75) is 120 Å². The number of amides is 1. The predicted octanol–water partition coefficient (Wildman–Crippen LogP) is 11.0. The number of hydrogen-bond acceptors (Lipinski definition) is 13. The number of nitro groups is 1. The lowest BCUT2D eigenvalue weighted by molar-refractivity contribution is -0.384. The van der Waals surface area contributed by atoms with Crippen molar-refractivity contribution in [3.05, 3.63) is 136 Å². The van der Waals surface area contributed by atoms with Gasteiger partial charge in [-0.15, -0.1) is 0 Å². The molecule has 1 spiro atoms. The Morgan fingerprint density at radius 2 is 1.69 bits per heavy atom. The van der Waals surface area contributed by atoms with E-state index >= 15 is 0 Å². The molecule has 2 aliphatic heterocycles. The number of aromatic nitrogens is 2. The third-order valence-corrected chi connectivity index (χ3v) is 18.2. The van der Waals surface area contributed by atoms with Gasteiger partial charge in [-0.25, -0.2) is 18.1 Å². The number of ether oxygens (including phenoxy) is 2. The zero-order valence-corrected chi connectivity index (χ0v) is 44.4. The number of sulfonamides is 1. The van der Waals surface area contributed by atoms with Gasteiger partial charge >= 0.3 is 0 Å². The Bertz CT molecular complexity index is 3140. The number of aromatic amines is 1. The van der Waals surface area contributed by atoms with Gasteiger partial charge in [0.2, 0.25) is 0 Å². The van der Waals surface area contributed by atoms with E-state index in [1.54, 1.807) is 37.7 Å². The fourth-order valence-electron chi connectivity index (χ4n) is 12.3. The maximum absolute atomic E-state index is 14.1. The summed E-state index contributed by atoms with van der Waals surface area (Å²) in [6.45, 7) is 9.49. The van der Waals surface area contributed by atoms with Crippen LogP contribution in [0.15, 0.2) is 114 Å². The molecule has 2 aliphatic carbocycles. The van der Waals surface area contributed by atoms with E-state index in [1.165, 1.54) is 28.9 Å². The number of nitrogens with one attached hydrogen (secondary N) is 3. The van der Waals surface area contributed by atoms with Gasteiger partial charge in [-0.1, -0.05) is 38.1 Å². The van der Waals surface area contributed by atoms with Gasteiger partial charge in [0, 0.05) is 86.4 Å². The molecule has 2 atom stereocenters. The highest BCUT2D eigenvalue weighted by Gasteiger charge is 2.50. The number of likely N-dealkylation sites (tertiary alicyclic amines) is 1. The van der Waals surface area contributed by atoms with Crippen molar-refractivity contribution in [2.24, 2.45) is 11.3 Å². The number of piperidine rings is 2. The summed E-state index contributed by atoms with van der Waals surface area (Å²) < 4.78 is 41.7. The summed E-state index contributed by atoms with van der Waals surface area (Å²) in [6.07, 6.45) is 12.6. The number of carbonyl (C=O) groups is 1. The highest BCUT2D eigenvalue weighted by atomic mass is 32.2. The van der Waals surface area contributed by atoms with E-state index in [1.807, 2.05) is 31.2 Å². The van der Waals surface area contributed by atoms with E-state index in [0.29, 0.717) is 54.8 Å². The van der Waals surface area contributed by atoms with E-state index in [2.05, 4.69) is 92.0 Å². The van der Waals surface area contributed by atoms with E-state index in [0.717, 1.165) is 93.9 Å². The number of benzene rings is 4. The number of fused-ring (bicyclic) bond motifs is 1. The number of nitro benzene ring substituents is 1. The van der Waals surface area contributed by atoms with Gasteiger partial charge in [0.1, 0.15) is 28.6 Å². The van der Waals surface area contributed by atoms with Crippen molar-refractivity contribution in [3.8, 4) is 17.2 Å². The molecule has 4 heterocycles. The first-order chi connectivity index (χ1) is 36.0. The Morgan fingerprint density at radius 3 is 2.41 bits per heavy atom. The largest absolute Gasteiger partial charge is 0.497 e. The van der Waals surface area contributed by atoms with Crippen LogP contribution in [0.1, 0.15) is 118 Å². The average molecular weight is 1040 g/mol. The molecule has 4 aromatic carbocycles. The predicted molar refractivity (Wildman–Crippen MR) is 293 cm³/mol. The molecule has 75 heavy (non-hydrogen) atoms. The smallest absolute Gasteiger partial charge is 0.293 e. The first kappa shape index (κ1) is 51.8. The van der Waals surface area contributed by atoms with Crippen LogP contribution in [-0.2, 0) is 10.0 Å². The van der Waals surface area contributed by atoms with E-state index in [-0.39, 0.29) is 28.3 Å². The Kier molecular flexibility index (Phi) is 14.6. The number of carbonyl (C=O) groups excluding carboxylic acids is 1. The monoisotopic (exact) mass is 1040 g/mol. The number of H-pyrrole nitrogens is 1. The van der Waals surface area contributed by atoms with Crippen molar-refractivity contribution >= 4 is 49.7 Å². The van der Waals surface area contributed by atoms with Gasteiger partial charge in [0.25, 0.3) is 21.6 Å². The molecule has 396 valence electrons. The third-order valence-electron chi connectivity index (χ3n) is 16.9. The minimum atomic E-state index is -4.59. The van der Waals surface area contributed by atoms with Crippen LogP contribution in [0.2, 0.25) is 0 Å². The number of anilines is 3. The summed E-state index contributed by atoms with van der Waals surface area (Å²) >= 11 is 0. The summed E-state index contributed by atoms with van der Waals surface area (Å²) in [7, 11) is -0.661. The number of rotatable bonds is 16. The molecule has 4 N–H and O–H groups in total. The van der Waals surface area contributed by atoms with Crippen LogP contribution < -0.4 is 29.3 Å². The highest BCUT2D eigenvalue weighted by Crippen LogP contribution is 2.54. The summed E-state index contributed by atoms with van der Waals surface area (Å²) in [5.41, 5.74) is 4.80. The van der Waals surface area contributed by atoms with E-state index in [4.69, 9.17) is 9.47 Å². The first-order valence-electron chi connectivity index (χ1n) is 26.5. The van der Waals surface area contributed by atoms with Gasteiger partial charge < -0.3 is 34.7 Å². The Morgan fingerprint density at radius 1 is 0.947 bits per heavy atom. The normalized spacial score (nSPS) is 22.2. The summed E-state index contributed by atoms with van der Waals surface area (Å²) in [5, 5.41) is 26.5. The number of aliphatic hydroxyl groups is 1. The number of methoxy groups -OCH3 is 1. The number of pyridine rings is 1. The molecule has 1 amide bonds. The topological polar surface area (TPSA) is 195 Å². The second-order valence-corrected chi connectivity index (χ2v) is 23.8. The van der Waals surface area contributed by atoms with Crippen LogP contribution in [0.4, 0.5) is 22.7 Å². The van der Waals surface area contributed by atoms with Crippen molar-refractivity contribution < 1.29 is 32.7 Å². The molecule has 0 bridgehead atoms. The minimum absolute atomic E-state index is 0.0291. The van der Waals surface area contributed by atoms with Crippen LogP contribution in [0.25, 0.3) is 11.0 Å². The molecule has 17 heteroatoms. The summed E-state index contributed by atoms with van der Waals surface area (Å²) in [5.74, 6) is 1.02. The fourth-order valence-corrected chi connectivity index (χ4v) is 13.3. The molecule has 4 aliphatic rings. The van der Waals surface area contributed by atoms with E-state index in [9.17, 15) is 28.4 Å². The third kappa shape index (κ3) is 11.2. The van der Waals surface area contributed by atoms with Gasteiger partial charge in [0.05, 0.1) is 34.3 Å². The van der Waals surface area contributed by atoms with Crippen molar-refractivity contribution in [3.63, 3.8) is 0 Å². The number of nitrogens with zero attached hydrogens (tertiary/aromatic N) is 5. The van der Waals surface area contributed by atoms with Crippen LogP contribution in [-0.4, -0.2) is 97.2 Å². The maximum atomic E-state index is 14.1. The second-order valence-electron chi connectivity index (χ2n) is 22.1. The van der Waals surface area contributed by atoms with Crippen LogP contribution in [0.3, 0.4) is 0 Å². The highest BCUT2D eigenvalue weighted by molar-refractivity contribution is 7.90. The lowest BCUT2D eigenvalue weighted by Gasteiger charge is -2.58. The molecule has 2 unspecified atom stereocenters. The van der Waals surface area contributed by atoms with Gasteiger partial charge in [-0.05, 0) is 160 Å². The maximum Gasteiger partial charge on any atom is 0.293 e. The Labute approximate surface area is 440 Å². The summed E-state index contributed by atoms with van der Waals surface area (Å²) in [4.78, 5) is 40.4. The van der Waals surface area contributed by atoms with Crippen molar-refractivity contribution in [1.29, 1.82) is 0 Å². The Balaban J connectivity index is 0.834. The lowest BCUT2D eigenvalue weighted by Crippen LogP contribution is -2.58. The van der Waals surface area contributed by atoms with Crippen LogP contribution in [0, 0.1) is 21.4 Å². The zero-order chi connectivity index (χ0) is 52.6. The Hall–Kier alpha value is -6.69. The number of hydrogen-bond donors (Lipinski definition) is 4. The van der Waals surface area contributed by atoms with Crippen LogP contribution in [0.5, 0.6) is 17.2 Å². The SMILES string of the molecule is COc1ccc(N(C)C2CCN(C3CC4(CCN(c5ccc(C(=O)NS(=O)(=O)c6ccc(NCC7CCC(C)(O)CC7)c([N+](=O)[O-])c6)c(Oc6cnc7[nH]ccc7c6)c5)CC4)C3)C(c3ccccc3C(C)C)C2)cc1. The van der Waals surface area contributed by atoms with Crippen molar-refractivity contribution in [1.82, 2.24) is 19.6 Å². The quantitative estimate of drug-likeness (QED) is 0.0529. The lowest BCUT2D eigenvalue weighted by atomic mass is 9.59. The molecule has 4 fully saturated rings. The summed E-state index contributed by atoms with van der Waals surface area (Å²) in [6, 6.07) is 31.0. The molecule has 10 rings (SSSR count). The van der Waals surface area contributed by atoms with Crippen LogP contribution >= 0.6 is 0 Å². The molecular formula is C58H70N8O8S. The minimum Gasteiger partial charge on any atom is -0.497 e. The average Bonchev–Trinajstić information content (AvgIpc) is 3.88. The second kappa shape index (κ2) is 21.1. The molecule has 2 saturated carbocycles. The van der Waals surface area contributed by atoms with E-state index < -0.39 is 37.0 Å². The first-order valence-corrected chi connectivity index (χ1v) is 28.0. The van der Waals surface area contributed by atoms with Gasteiger partial charge in [-0.3, -0.25) is 19.8 Å². The van der Waals surface area contributed by atoms with Gasteiger partial charge in [0.15, 0.2) is 0 Å². The molecule has 16 nitrogen and oxygen atoms in total. The van der Waals surface area contributed by atoms with Crippen molar-refractivity contribution in [2.75, 3.05) is 55.5 Å². The zero-order valence-electron chi connectivity index (χ0n) is 43.6. The van der Waals surface area contributed by atoms with Gasteiger partial charge in [-0.2, -0.15) is 0 Å². The molecule has 2 saturated heterocycles. The molecular weight excluding hydrogens is 969 g/mol. The molecule has 0 radical (unpaired) electrons.